The molecule has 0 spiro atoms. The Labute approximate surface area is 170 Å². The molecule has 0 fully saturated rings. The van der Waals surface area contributed by atoms with Crippen LogP contribution in [0.5, 0.6) is 0 Å². The van der Waals surface area contributed by atoms with Crippen LogP contribution in [0.25, 0.3) is 0 Å². The normalized spacial score (nSPS) is 11.8. The first-order valence-electron chi connectivity index (χ1n) is 9.36. The van der Waals surface area contributed by atoms with E-state index in [9.17, 15) is 19.2 Å². The van der Waals surface area contributed by atoms with Crippen molar-refractivity contribution < 1.29 is 28.7 Å². The Hall–Kier alpha value is -3.10. The topological polar surface area (TPSA) is 123 Å². The summed E-state index contributed by atoms with van der Waals surface area (Å²) in [6.07, 6.45) is 0.129. The van der Waals surface area contributed by atoms with Crippen LogP contribution >= 0.6 is 0 Å². The Morgan fingerprint density at radius 2 is 1.83 bits per heavy atom. The number of nitrogens with one attached hydrogen (secondary N) is 3. The number of carbonyl (C=O) groups excluding carboxylic acids is 4. The van der Waals surface area contributed by atoms with Crippen molar-refractivity contribution in [1.29, 1.82) is 0 Å². The largest absolute Gasteiger partial charge is 0.452 e. The molecule has 0 unspecified atom stereocenters. The molecule has 0 radical (unpaired) electrons. The third kappa shape index (κ3) is 9.59. The van der Waals surface area contributed by atoms with Crippen LogP contribution in [0.1, 0.15) is 51.4 Å². The van der Waals surface area contributed by atoms with Crippen molar-refractivity contribution >= 4 is 29.6 Å². The maximum Gasteiger partial charge on any atom is 0.412 e. The average molecular weight is 407 g/mol. The molecule has 1 atom stereocenters. The second-order valence-corrected chi connectivity index (χ2v) is 7.36. The predicted octanol–water partition coefficient (Wildman–Crippen LogP) is 2.22. The van der Waals surface area contributed by atoms with E-state index in [1.54, 1.807) is 32.9 Å². The third-order valence-corrected chi connectivity index (χ3v) is 3.40. The summed E-state index contributed by atoms with van der Waals surface area (Å²) in [5, 5.41) is 7.63. The van der Waals surface area contributed by atoms with Gasteiger partial charge in [0.2, 0.25) is 5.91 Å². The van der Waals surface area contributed by atoms with Gasteiger partial charge in [-0.15, -0.1) is 0 Å². The average Bonchev–Trinajstić information content (AvgIpc) is 2.62. The van der Waals surface area contributed by atoms with Crippen LogP contribution in [0.3, 0.4) is 0 Å². The highest BCUT2D eigenvalue weighted by Crippen LogP contribution is 2.14. The van der Waals surface area contributed by atoms with Gasteiger partial charge in [-0.1, -0.05) is 13.0 Å². The van der Waals surface area contributed by atoms with E-state index in [2.05, 4.69) is 16.0 Å². The summed E-state index contributed by atoms with van der Waals surface area (Å²) in [5.74, 6) is -1.65. The van der Waals surface area contributed by atoms with Crippen molar-refractivity contribution in [3.63, 3.8) is 0 Å². The first kappa shape index (κ1) is 23.9. The molecule has 160 valence electrons. The number of hydrogen-bond acceptors (Lipinski definition) is 6. The van der Waals surface area contributed by atoms with E-state index in [0.717, 1.165) is 6.42 Å². The molecule has 1 aromatic rings. The van der Waals surface area contributed by atoms with E-state index in [1.807, 2.05) is 6.92 Å². The zero-order valence-electron chi connectivity index (χ0n) is 17.5. The molecule has 1 rings (SSSR count). The van der Waals surface area contributed by atoms with Gasteiger partial charge in [0.1, 0.15) is 11.6 Å². The SMILES string of the molecule is CCCNC(=O)[C@H](C)NC(=O)COC(=O)c1cccc(NC(=O)OC(C)(C)C)c1. The summed E-state index contributed by atoms with van der Waals surface area (Å²) in [6.45, 7) is 8.65. The maximum absolute atomic E-state index is 12.2. The monoisotopic (exact) mass is 407 g/mol. The third-order valence-electron chi connectivity index (χ3n) is 3.40. The number of anilines is 1. The van der Waals surface area contributed by atoms with Gasteiger partial charge < -0.3 is 20.1 Å². The van der Waals surface area contributed by atoms with Gasteiger partial charge in [0.25, 0.3) is 5.91 Å². The fourth-order valence-corrected chi connectivity index (χ4v) is 2.11. The Bertz CT molecular complexity index is 742. The van der Waals surface area contributed by atoms with E-state index in [0.29, 0.717) is 12.2 Å². The first-order valence-corrected chi connectivity index (χ1v) is 9.36. The Balaban J connectivity index is 2.55. The smallest absolute Gasteiger partial charge is 0.412 e. The van der Waals surface area contributed by atoms with E-state index in [-0.39, 0.29) is 11.5 Å². The predicted molar refractivity (Wildman–Crippen MR) is 107 cm³/mol. The number of amides is 3. The van der Waals surface area contributed by atoms with Gasteiger partial charge in [0, 0.05) is 12.2 Å². The second-order valence-electron chi connectivity index (χ2n) is 7.36. The lowest BCUT2D eigenvalue weighted by molar-refractivity contribution is -0.130. The van der Waals surface area contributed by atoms with E-state index < -0.39 is 36.2 Å². The molecule has 0 aliphatic heterocycles. The van der Waals surface area contributed by atoms with Crippen molar-refractivity contribution in [3.05, 3.63) is 29.8 Å². The molecule has 0 aromatic heterocycles. The van der Waals surface area contributed by atoms with Gasteiger partial charge in [-0.05, 0) is 52.3 Å². The lowest BCUT2D eigenvalue weighted by atomic mass is 10.2. The molecule has 3 amide bonds. The van der Waals surface area contributed by atoms with Crippen LogP contribution in [0.4, 0.5) is 10.5 Å². The number of hydrogen-bond donors (Lipinski definition) is 3. The minimum absolute atomic E-state index is 0.153. The summed E-state index contributed by atoms with van der Waals surface area (Å²) < 4.78 is 10.1. The van der Waals surface area contributed by atoms with Crippen molar-refractivity contribution in [2.75, 3.05) is 18.5 Å². The number of benzene rings is 1. The zero-order chi connectivity index (χ0) is 22.0. The Morgan fingerprint density at radius 3 is 2.45 bits per heavy atom. The summed E-state index contributed by atoms with van der Waals surface area (Å²) >= 11 is 0. The quantitative estimate of drug-likeness (QED) is 0.568. The van der Waals surface area contributed by atoms with Crippen molar-refractivity contribution in [1.82, 2.24) is 10.6 Å². The van der Waals surface area contributed by atoms with Crippen LogP contribution in [-0.2, 0) is 19.1 Å². The molecule has 0 saturated heterocycles. The molecule has 0 saturated carbocycles. The highest BCUT2D eigenvalue weighted by molar-refractivity contribution is 5.94. The lowest BCUT2D eigenvalue weighted by Crippen LogP contribution is -2.46. The molecule has 3 N–H and O–H groups in total. The number of ether oxygens (including phenoxy) is 2. The van der Waals surface area contributed by atoms with Gasteiger partial charge in [0.15, 0.2) is 6.61 Å². The standard InChI is InChI=1S/C20H29N3O6/c1-6-10-21-17(25)13(2)22-16(24)12-28-18(26)14-8-7-9-15(11-14)23-19(27)29-20(3,4)5/h7-9,11,13H,6,10,12H2,1-5H3,(H,21,25)(H,22,24)(H,23,27)/t13-/m0/s1. The number of esters is 1. The van der Waals surface area contributed by atoms with Crippen LogP contribution in [0, 0.1) is 0 Å². The van der Waals surface area contributed by atoms with Crippen LogP contribution < -0.4 is 16.0 Å². The molecular weight excluding hydrogens is 378 g/mol. The summed E-state index contributed by atoms with van der Waals surface area (Å²) in [6, 6.07) is 5.30. The van der Waals surface area contributed by atoms with Gasteiger partial charge in [0.05, 0.1) is 5.56 Å². The second kappa shape index (κ2) is 11.0. The molecule has 29 heavy (non-hydrogen) atoms. The van der Waals surface area contributed by atoms with Crippen molar-refractivity contribution in [2.45, 2.75) is 52.7 Å². The van der Waals surface area contributed by atoms with E-state index >= 15 is 0 Å². The minimum atomic E-state index is -0.742. The summed E-state index contributed by atoms with van der Waals surface area (Å²) in [5.41, 5.74) is -0.155. The molecule has 0 heterocycles. The van der Waals surface area contributed by atoms with Crippen molar-refractivity contribution in [3.8, 4) is 0 Å². The van der Waals surface area contributed by atoms with Crippen LogP contribution in [-0.4, -0.2) is 48.7 Å². The lowest BCUT2D eigenvalue weighted by Gasteiger charge is -2.19. The van der Waals surface area contributed by atoms with Crippen LogP contribution in [0.15, 0.2) is 24.3 Å². The van der Waals surface area contributed by atoms with E-state index in [4.69, 9.17) is 9.47 Å². The minimum Gasteiger partial charge on any atom is -0.452 e. The maximum atomic E-state index is 12.2. The van der Waals surface area contributed by atoms with Crippen molar-refractivity contribution in [2.24, 2.45) is 0 Å². The molecule has 9 heteroatoms. The number of carbonyl (C=O) groups is 4. The summed E-state index contributed by atoms with van der Waals surface area (Å²) in [4.78, 5) is 47.6. The number of rotatable bonds is 8. The molecule has 0 aliphatic rings. The van der Waals surface area contributed by atoms with Crippen LogP contribution in [0.2, 0.25) is 0 Å². The molecule has 1 aromatic carbocycles. The van der Waals surface area contributed by atoms with E-state index in [1.165, 1.54) is 19.1 Å². The molecule has 0 bridgehead atoms. The first-order chi connectivity index (χ1) is 13.5. The van der Waals surface area contributed by atoms with Gasteiger partial charge in [-0.2, -0.15) is 0 Å². The highest BCUT2D eigenvalue weighted by Gasteiger charge is 2.18. The molecule has 9 nitrogen and oxygen atoms in total. The van der Waals surface area contributed by atoms with Gasteiger partial charge >= 0.3 is 12.1 Å². The highest BCUT2D eigenvalue weighted by atomic mass is 16.6. The Morgan fingerprint density at radius 1 is 1.14 bits per heavy atom. The Kier molecular flexibility index (Phi) is 9.11. The fourth-order valence-electron chi connectivity index (χ4n) is 2.11. The zero-order valence-corrected chi connectivity index (χ0v) is 17.5. The van der Waals surface area contributed by atoms with Gasteiger partial charge in [-0.3, -0.25) is 14.9 Å². The fraction of sp³-hybridized carbons (Fsp3) is 0.500. The van der Waals surface area contributed by atoms with Gasteiger partial charge in [-0.25, -0.2) is 9.59 Å². The molecule has 0 aliphatic carbocycles. The molecular formula is C20H29N3O6. The summed E-state index contributed by atoms with van der Waals surface area (Å²) in [7, 11) is 0.